The Balaban J connectivity index is 1.41. The Labute approximate surface area is 221 Å². The van der Waals surface area contributed by atoms with Gasteiger partial charge in [-0.1, -0.05) is 24.0 Å². The van der Waals surface area contributed by atoms with E-state index in [0.717, 1.165) is 24.2 Å². The topological polar surface area (TPSA) is 88.0 Å². The molecule has 194 valence electrons. The molecule has 0 radical (unpaired) electrons. The second-order valence-electron chi connectivity index (χ2n) is 9.27. The SMILES string of the molecule is Cc1ccc(C(=O)Nc2ccc(CCCN(C)C)c(F)c2)cc1C#Cc1cnc(Nc2cnn(C)c2)nc1. The predicted molar refractivity (Wildman–Crippen MR) is 147 cm³/mol. The molecule has 0 aliphatic carbocycles. The average Bonchev–Trinajstić information content (AvgIpc) is 3.29. The number of nitrogens with one attached hydrogen (secondary N) is 2. The zero-order valence-corrected chi connectivity index (χ0v) is 21.9. The zero-order chi connectivity index (χ0) is 27.1. The van der Waals surface area contributed by atoms with E-state index in [1.54, 1.807) is 47.5 Å². The lowest BCUT2D eigenvalue weighted by Crippen LogP contribution is -2.14. The Morgan fingerprint density at radius 3 is 2.53 bits per heavy atom. The largest absolute Gasteiger partial charge is 0.322 e. The normalized spacial score (nSPS) is 10.7. The van der Waals surface area contributed by atoms with Crippen molar-refractivity contribution in [2.45, 2.75) is 19.8 Å². The highest BCUT2D eigenvalue weighted by Crippen LogP contribution is 2.18. The number of carbonyl (C=O) groups is 1. The Kier molecular flexibility index (Phi) is 8.46. The van der Waals surface area contributed by atoms with Crippen LogP contribution in [0.25, 0.3) is 0 Å². The van der Waals surface area contributed by atoms with Crippen LogP contribution in [0.1, 0.15) is 39.0 Å². The van der Waals surface area contributed by atoms with E-state index >= 15 is 0 Å². The van der Waals surface area contributed by atoms with E-state index in [1.165, 1.54) is 6.07 Å². The Morgan fingerprint density at radius 2 is 1.84 bits per heavy atom. The molecule has 2 aromatic carbocycles. The van der Waals surface area contributed by atoms with Crippen LogP contribution < -0.4 is 10.6 Å². The van der Waals surface area contributed by atoms with Crippen molar-refractivity contribution < 1.29 is 9.18 Å². The van der Waals surface area contributed by atoms with E-state index in [2.05, 4.69) is 42.4 Å². The van der Waals surface area contributed by atoms with Crippen LogP contribution in [0, 0.1) is 24.6 Å². The third-order valence-electron chi connectivity index (χ3n) is 5.82. The minimum Gasteiger partial charge on any atom is -0.322 e. The summed E-state index contributed by atoms with van der Waals surface area (Å²) >= 11 is 0. The Bertz CT molecular complexity index is 1480. The number of halogens is 1. The standard InChI is InChI=1S/C29H30FN7O/c1-20-7-9-24(28(38)34-25-12-11-22(27(30)15-25)6-5-13-36(2)3)14-23(20)10-8-21-16-31-29(32-17-21)35-26-18-33-37(4)19-26/h7,9,11-12,14-19H,5-6,13H2,1-4H3,(H,34,38)(H,31,32,35). The molecule has 0 fully saturated rings. The molecule has 2 aromatic heterocycles. The van der Waals surface area contributed by atoms with Gasteiger partial charge in [0.15, 0.2) is 0 Å². The zero-order valence-electron chi connectivity index (χ0n) is 21.9. The molecule has 0 bridgehead atoms. The fourth-order valence-corrected chi connectivity index (χ4v) is 3.73. The van der Waals surface area contributed by atoms with Crippen molar-refractivity contribution in [3.63, 3.8) is 0 Å². The maximum absolute atomic E-state index is 14.5. The van der Waals surface area contributed by atoms with Crippen molar-refractivity contribution in [1.82, 2.24) is 24.6 Å². The molecule has 1 amide bonds. The van der Waals surface area contributed by atoms with E-state index in [1.807, 2.05) is 40.3 Å². The smallest absolute Gasteiger partial charge is 0.255 e. The first-order valence-electron chi connectivity index (χ1n) is 12.2. The average molecular weight is 512 g/mol. The van der Waals surface area contributed by atoms with E-state index in [9.17, 15) is 9.18 Å². The predicted octanol–water partition coefficient (Wildman–Crippen LogP) is 4.55. The van der Waals surface area contributed by atoms with Crippen LogP contribution in [0.2, 0.25) is 0 Å². The van der Waals surface area contributed by atoms with Crippen molar-refractivity contribution >= 4 is 23.2 Å². The molecule has 4 rings (SSSR count). The highest BCUT2D eigenvalue weighted by molar-refractivity contribution is 6.04. The lowest BCUT2D eigenvalue weighted by Gasteiger charge is -2.11. The van der Waals surface area contributed by atoms with Gasteiger partial charge in [-0.3, -0.25) is 9.48 Å². The summed E-state index contributed by atoms with van der Waals surface area (Å²) in [5.41, 5.74) is 4.54. The number of hydrogen-bond acceptors (Lipinski definition) is 6. The minimum atomic E-state index is -0.332. The van der Waals surface area contributed by atoms with E-state index in [4.69, 9.17) is 0 Å². The molecular weight excluding hydrogens is 481 g/mol. The number of carbonyl (C=O) groups excluding carboxylic acids is 1. The maximum Gasteiger partial charge on any atom is 0.255 e. The summed E-state index contributed by atoms with van der Waals surface area (Å²) in [4.78, 5) is 23.5. The number of aryl methyl sites for hydroxylation is 3. The number of nitrogens with zero attached hydrogens (tertiary/aromatic N) is 5. The number of amides is 1. The Morgan fingerprint density at radius 1 is 1.05 bits per heavy atom. The lowest BCUT2D eigenvalue weighted by molar-refractivity contribution is 0.102. The summed E-state index contributed by atoms with van der Waals surface area (Å²) in [6.45, 7) is 2.81. The summed E-state index contributed by atoms with van der Waals surface area (Å²) in [7, 11) is 5.81. The molecule has 0 spiro atoms. The van der Waals surface area contributed by atoms with Gasteiger partial charge in [-0.05, 0) is 75.8 Å². The van der Waals surface area contributed by atoms with Crippen LogP contribution >= 0.6 is 0 Å². The molecule has 0 unspecified atom stereocenters. The van der Waals surface area contributed by atoms with Crippen molar-refractivity contribution in [2.75, 3.05) is 31.3 Å². The molecule has 38 heavy (non-hydrogen) atoms. The van der Waals surface area contributed by atoms with Gasteiger partial charge in [0, 0.05) is 42.5 Å². The number of aromatic nitrogens is 4. The number of benzene rings is 2. The lowest BCUT2D eigenvalue weighted by atomic mass is 10.0. The molecule has 0 atom stereocenters. The van der Waals surface area contributed by atoms with Crippen LogP contribution in [-0.4, -0.2) is 51.2 Å². The first kappa shape index (κ1) is 26.5. The molecule has 0 aliphatic rings. The van der Waals surface area contributed by atoms with Gasteiger partial charge in [0.1, 0.15) is 5.82 Å². The second-order valence-corrected chi connectivity index (χ2v) is 9.27. The fraction of sp³-hybridized carbons (Fsp3) is 0.241. The van der Waals surface area contributed by atoms with Gasteiger partial charge in [-0.15, -0.1) is 0 Å². The van der Waals surface area contributed by atoms with Crippen LogP contribution in [0.3, 0.4) is 0 Å². The van der Waals surface area contributed by atoms with Crippen molar-refractivity contribution in [2.24, 2.45) is 7.05 Å². The van der Waals surface area contributed by atoms with Crippen LogP contribution in [0.4, 0.5) is 21.7 Å². The fourth-order valence-electron chi connectivity index (χ4n) is 3.73. The third kappa shape index (κ3) is 7.24. The van der Waals surface area contributed by atoms with Crippen molar-refractivity contribution in [3.8, 4) is 11.8 Å². The first-order chi connectivity index (χ1) is 18.3. The molecule has 4 aromatic rings. The van der Waals surface area contributed by atoms with Gasteiger partial charge in [0.25, 0.3) is 5.91 Å². The highest BCUT2D eigenvalue weighted by atomic mass is 19.1. The van der Waals surface area contributed by atoms with E-state index in [0.29, 0.717) is 40.3 Å². The minimum absolute atomic E-state index is 0.319. The number of anilines is 3. The summed E-state index contributed by atoms with van der Waals surface area (Å²) < 4.78 is 16.2. The summed E-state index contributed by atoms with van der Waals surface area (Å²) in [5, 5.41) is 9.95. The van der Waals surface area contributed by atoms with Crippen LogP contribution in [0.15, 0.2) is 61.2 Å². The monoisotopic (exact) mass is 511 g/mol. The second kappa shape index (κ2) is 12.1. The summed E-state index contributed by atoms with van der Waals surface area (Å²) in [6.07, 6.45) is 8.27. The molecular formula is C29H30FN7O. The van der Waals surface area contributed by atoms with Gasteiger partial charge in [-0.25, -0.2) is 14.4 Å². The van der Waals surface area contributed by atoms with E-state index in [-0.39, 0.29) is 11.7 Å². The van der Waals surface area contributed by atoms with Gasteiger partial charge >= 0.3 is 0 Å². The number of hydrogen-bond donors (Lipinski definition) is 2. The van der Waals surface area contributed by atoms with Gasteiger partial charge in [0.05, 0.1) is 17.4 Å². The van der Waals surface area contributed by atoms with Gasteiger partial charge in [-0.2, -0.15) is 5.10 Å². The molecule has 0 saturated heterocycles. The van der Waals surface area contributed by atoms with Crippen molar-refractivity contribution in [3.05, 3.63) is 94.8 Å². The first-order valence-corrected chi connectivity index (χ1v) is 12.2. The number of rotatable bonds is 8. The molecule has 8 nitrogen and oxygen atoms in total. The summed E-state index contributed by atoms with van der Waals surface area (Å²) in [6, 6.07) is 10.1. The van der Waals surface area contributed by atoms with Crippen LogP contribution in [-0.2, 0) is 13.5 Å². The van der Waals surface area contributed by atoms with Crippen LogP contribution in [0.5, 0.6) is 0 Å². The Hall–Kier alpha value is -4.55. The van der Waals surface area contributed by atoms with Crippen molar-refractivity contribution in [1.29, 1.82) is 0 Å². The van der Waals surface area contributed by atoms with E-state index < -0.39 is 0 Å². The van der Waals surface area contributed by atoms with Gasteiger partial charge in [0.2, 0.25) is 5.95 Å². The molecule has 0 saturated carbocycles. The maximum atomic E-state index is 14.5. The quantitative estimate of drug-likeness (QED) is 0.338. The van der Waals surface area contributed by atoms with Gasteiger partial charge < -0.3 is 15.5 Å². The molecule has 2 N–H and O–H groups in total. The third-order valence-corrected chi connectivity index (χ3v) is 5.82. The highest BCUT2D eigenvalue weighted by Gasteiger charge is 2.10. The molecule has 0 aliphatic heterocycles. The molecule has 9 heteroatoms. The summed E-state index contributed by atoms with van der Waals surface area (Å²) in [5.74, 6) is 5.94. The molecule has 2 heterocycles.